The average Bonchev–Trinajstić information content (AvgIpc) is 3.16. The number of carbonyl (C=O) groups is 1. The number of rotatable bonds is 5. The fourth-order valence-electron chi connectivity index (χ4n) is 3.32. The van der Waals surface area contributed by atoms with Gasteiger partial charge in [0.2, 0.25) is 5.91 Å². The molecule has 1 aliphatic rings. The normalized spacial score (nSPS) is 19.5. The Morgan fingerprint density at radius 2 is 2.16 bits per heavy atom. The van der Waals surface area contributed by atoms with E-state index in [1.165, 1.54) is 17.4 Å². The molecule has 1 aromatic carbocycles. The summed E-state index contributed by atoms with van der Waals surface area (Å²) in [5, 5.41) is 3.52. The van der Waals surface area contributed by atoms with Crippen LogP contribution in [0, 0.1) is 24.6 Å². The molecule has 25 heavy (non-hydrogen) atoms. The van der Waals surface area contributed by atoms with Gasteiger partial charge in [-0.15, -0.1) is 23.7 Å². The minimum atomic E-state index is -0.215. The topological polar surface area (TPSA) is 68.0 Å². The molecule has 3 N–H and O–H groups in total. The van der Waals surface area contributed by atoms with Crippen LogP contribution in [0.5, 0.6) is 0 Å². The van der Waals surface area contributed by atoms with Gasteiger partial charge in [-0.1, -0.05) is 24.6 Å². The van der Waals surface area contributed by atoms with E-state index in [4.69, 9.17) is 5.73 Å². The van der Waals surface area contributed by atoms with Gasteiger partial charge in [0.05, 0.1) is 5.69 Å². The lowest BCUT2D eigenvalue weighted by molar-refractivity contribution is -0.120. The van der Waals surface area contributed by atoms with Gasteiger partial charge in [0.1, 0.15) is 5.82 Å². The summed E-state index contributed by atoms with van der Waals surface area (Å²) in [5.41, 5.74) is 7.23. The molecule has 7 heteroatoms. The van der Waals surface area contributed by atoms with Crippen molar-refractivity contribution in [2.45, 2.75) is 32.6 Å². The quantitative estimate of drug-likeness (QED) is 0.822. The fourth-order valence-corrected chi connectivity index (χ4v) is 4.31. The summed E-state index contributed by atoms with van der Waals surface area (Å²) in [6.07, 6.45) is 3.44. The molecule has 0 aliphatic heterocycles. The van der Waals surface area contributed by atoms with E-state index in [2.05, 4.69) is 10.3 Å². The van der Waals surface area contributed by atoms with Gasteiger partial charge in [0, 0.05) is 17.2 Å². The molecule has 1 amide bonds. The summed E-state index contributed by atoms with van der Waals surface area (Å²) in [5.74, 6) is 0.0416. The Morgan fingerprint density at radius 3 is 2.88 bits per heavy atom. The monoisotopic (exact) mass is 383 g/mol. The van der Waals surface area contributed by atoms with Crippen molar-refractivity contribution in [3.63, 3.8) is 0 Å². The van der Waals surface area contributed by atoms with Gasteiger partial charge in [-0.2, -0.15) is 0 Å². The van der Waals surface area contributed by atoms with Crippen LogP contribution < -0.4 is 11.1 Å². The van der Waals surface area contributed by atoms with E-state index in [9.17, 15) is 9.18 Å². The molecule has 1 aliphatic carbocycles. The SMILES string of the molecule is Cc1nc(NC(=O)[C@@H]2CCC[C@@H]2CN)sc1Cc1ccccc1F.Cl. The Hall–Kier alpha value is -1.50. The molecule has 0 unspecified atom stereocenters. The molecule has 4 nitrogen and oxygen atoms in total. The van der Waals surface area contributed by atoms with E-state index in [1.807, 2.05) is 13.0 Å². The number of aryl methyl sites for hydroxylation is 1. The highest BCUT2D eigenvalue weighted by molar-refractivity contribution is 7.15. The Labute approximate surface area is 157 Å². The largest absolute Gasteiger partial charge is 0.330 e. The fraction of sp³-hybridized carbons (Fsp3) is 0.444. The third-order valence-corrected chi connectivity index (χ3v) is 5.80. The number of thiazole rings is 1. The van der Waals surface area contributed by atoms with E-state index >= 15 is 0 Å². The Bertz CT molecular complexity index is 737. The zero-order chi connectivity index (χ0) is 17.1. The predicted molar refractivity (Wildman–Crippen MR) is 102 cm³/mol. The van der Waals surface area contributed by atoms with Crippen molar-refractivity contribution < 1.29 is 9.18 Å². The number of carbonyl (C=O) groups excluding carboxylic acids is 1. The highest BCUT2D eigenvalue weighted by Crippen LogP contribution is 2.33. The van der Waals surface area contributed by atoms with Crippen LogP contribution in [0.2, 0.25) is 0 Å². The third kappa shape index (κ3) is 4.57. The molecule has 136 valence electrons. The maximum atomic E-state index is 13.8. The van der Waals surface area contributed by atoms with Crippen molar-refractivity contribution in [1.29, 1.82) is 0 Å². The summed E-state index contributed by atoms with van der Waals surface area (Å²) in [6, 6.07) is 6.74. The van der Waals surface area contributed by atoms with E-state index in [0.29, 0.717) is 23.7 Å². The summed E-state index contributed by atoms with van der Waals surface area (Å²) < 4.78 is 13.8. The van der Waals surface area contributed by atoms with E-state index in [1.54, 1.807) is 12.1 Å². The molecular weight excluding hydrogens is 361 g/mol. The lowest BCUT2D eigenvalue weighted by Crippen LogP contribution is -2.29. The Kier molecular flexibility index (Phi) is 6.93. The third-order valence-electron chi connectivity index (χ3n) is 4.73. The van der Waals surface area contributed by atoms with Gasteiger partial charge in [-0.05, 0) is 43.9 Å². The molecule has 0 spiro atoms. The maximum Gasteiger partial charge on any atom is 0.229 e. The average molecular weight is 384 g/mol. The van der Waals surface area contributed by atoms with Crippen LogP contribution >= 0.6 is 23.7 Å². The number of hydrogen-bond donors (Lipinski definition) is 2. The maximum absolute atomic E-state index is 13.8. The zero-order valence-corrected chi connectivity index (χ0v) is 15.8. The van der Waals surface area contributed by atoms with Gasteiger partial charge in [-0.25, -0.2) is 9.37 Å². The van der Waals surface area contributed by atoms with Crippen molar-refractivity contribution >= 4 is 34.8 Å². The van der Waals surface area contributed by atoms with E-state index in [-0.39, 0.29) is 36.0 Å². The van der Waals surface area contributed by atoms with Crippen LogP contribution in [0.25, 0.3) is 0 Å². The highest BCUT2D eigenvalue weighted by atomic mass is 35.5. The van der Waals surface area contributed by atoms with Gasteiger partial charge >= 0.3 is 0 Å². The van der Waals surface area contributed by atoms with Crippen LogP contribution in [0.4, 0.5) is 9.52 Å². The molecule has 1 saturated carbocycles. The Morgan fingerprint density at radius 1 is 1.40 bits per heavy atom. The van der Waals surface area contributed by atoms with Crippen LogP contribution in [0.1, 0.15) is 35.4 Å². The summed E-state index contributed by atoms with van der Waals surface area (Å²) >= 11 is 1.42. The molecule has 2 atom stereocenters. The second-order valence-electron chi connectivity index (χ2n) is 6.32. The molecule has 0 bridgehead atoms. The first kappa shape index (κ1) is 19.8. The Balaban J connectivity index is 0.00000225. The molecule has 1 aromatic heterocycles. The molecule has 0 radical (unpaired) electrons. The van der Waals surface area contributed by atoms with Crippen LogP contribution in [0.3, 0.4) is 0 Å². The number of aromatic nitrogens is 1. The number of halogens is 2. The standard InChI is InChI=1S/C18H22FN3OS.ClH/c1-11-16(9-12-5-2-3-8-15(12)19)24-18(21-11)22-17(23)14-7-4-6-13(14)10-20;/h2-3,5,8,13-14H,4,6-7,9-10,20H2,1H3,(H,21,22,23);1H/t13-,14-;/m1./s1. The van der Waals surface area contributed by atoms with Crippen molar-refractivity contribution in [2.75, 3.05) is 11.9 Å². The summed E-state index contributed by atoms with van der Waals surface area (Å²) in [4.78, 5) is 17.9. The van der Waals surface area contributed by atoms with Gasteiger partial charge in [-0.3, -0.25) is 4.79 Å². The first-order valence-electron chi connectivity index (χ1n) is 8.29. The number of nitrogens with one attached hydrogen (secondary N) is 1. The van der Waals surface area contributed by atoms with Gasteiger partial charge < -0.3 is 11.1 Å². The van der Waals surface area contributed by atoms with Crippen LogP contribution in [-0.4, -0.2) is 17.4 Å². The molecule has 2 aromatic rings. The van der Waals surface area contributed by atoms with Crippen molar-refractivity contribution in [2.24, 2.45) is 17.6 Å². The first-order valence-corrected chi connectivity index (χ1v) is 9.10. The van der Waals surface area contributed by atoms with Crippen molar-refractivity contribution in [3.8, 4) is 0 Å². The lowest BCUT2D eigenvalue weighted by atomic mass is 9.95. The number of benzene rings is 1. The summed E-state index contributed by atoms with van der Waals surface area (Å²) in [7, 11) is 0. The molecule has 1 fully saturated rings. The van der Waals surface area contributed by atoms with Crippen LogP contribution in [0.15, 0.2) is 24.3 Å². The number of nitrogens with zero attached hydrogens (tertiary/aromatic N) is 1. The predicted octanol–water partition coefficient (Wildman–Crippen LogP) is 3.92. The second kappa shape index (κ2) is 8.74. The summed E-state index contributed by atoms with van der Waals surface area (Å²) in [6.45, 7) is 2.44. The highest BCUT2D eigenvalue weighted by Gasteiger charge is 2.32. The smallest absolute Gasteiger partial charge is 0.229 e. The van der Waals surface area contributed by atoms with Crippen molar-refractivity contribution in [1.82, 2.24) is 4.98 Å². The van der Waals surface area contributed by atoms with E-state index < -0.39 is 0 Å². The number of hydrogen-bond acceptors (Lipinski definition) is 4. The lowest BCUT2D eigenvalue weighted by Gasteiger charge is -2.16. The molecular formula is C18H23ClFN3OS. The number of anilines is 1. The van der Waals surface area contributed by atoms with Crippen molar-refractivity contribution in [3.05, 3.63) is 46.2 Å². The number of nitrogens with two attached hydrogens (primary N) is 1. The molecule has 0 saturated heterocycles. The van der Waals surface area contributed by atoms with Crippen LogP contribution in [-0.2, 0) is 11.2 Å². The zero-order valence-electron chi connectivity index (χ0n) is 14.1. The minimum Gasteiger partial charge on any atom is -0.330 e. The first-order chi connectivity index (χ1) is 11.6. The molecule has 1 heterocycles. The van der Waals surface area contributed by atoms with E-state index in [0.717, 1.165) is 29.8 Å². The van der Waals surface area contributed by atoms with Gasteiger partial charge in [0.25, 0.3) is 0 Å². The number of amides is 1. The second-order valence-corrected chi connectivity index (χ2v) is 7.40. The van der Waals surface area contributed by atoms with Gasteiger partial charge in [0.15, 0.2) is 5.13 Å². The minimum absolute atomic E-state index is 0. The molecule has 3 rings (SSSR count).